The van der Waals surface area contributed by atoms with E-state index in [2.05, 4.69) is 10.2 Å². The molecule has 1 aromatic carbocycles. The zero-order chi connectivity index (χ0) is 14.3. The smallest absolute Gasteiger partial charge is 0.153 e. The van der Waals surface area contributed by atoms with Crippen LogP contribution in [0.5, 0.6) is 0 Å². The minimum absolute atomic E-state index is 0.170. The maximum absolute atomic E-state index is 13.4. The molecular weight excluding hydrogens is 264 g/mol. The molecule has 0 aliphatic carbocycles. The second-order valence-corrected chi connectivity index (χ2v) is 4.46. The topological polar surface area (TPSA) is 67.8 Å². The van der Waals surface area contributed by atoms with Crippen LogP contribution in [0.25, 0.3) is 22.4 Å². The lowest BCUT2D eigenvalue weighted by Crippen LogP contribution is -1.90. The number of hydrogen-bond donors (Lipinski definition) is 2. The fraction of sp³-hybridized carbons (Fsp3) is 0.0714. The molecule has 6 heteroatoms. The van der Waals surface area contributed by atoms with E-state index in [1.807, 2.05) is 0 Å². The molecule has 0 saturated carbocycles. The summed E-state index contributed by atoms with van der Waals surface area (Å²) in [6.45, 7) is 1.80. The van der Waals surface area contributed by atoms with Crippen LogP contribution >= 0.6 is 0 Å². The summed E-state index contributed by atoms with van der Waals surface area (Å²) in [5, 5.41) is 6.67. The number of aromatic nitrogens is 2. The Kier molecular flexibility index (Phi) is 2.78. The molecule has 2 heterocycles. The maximum atomic E-state index is 13.4. The van der Waals surface area contributed by atoms with Gasteiger partial charge in [-0.05, 0) is 30.7 Å². The number of nitrogen functional groups attached to an aromatic ring is 1. The molecule has 0 atom stereocenters. The van der Waals surface area contributed by atoms with E-state index in [9.17, 15) is 8.78 Å². The molecule has 0 spiro atoms. The second kappa shape index (κ2) is 4.48. The number of nitrogens with one attached hydrogen (secondary N) is 1. The Morgan fingerprint density at radius 2 is 1.80 bits per heavy atom. The molecule has 0 unspecified atom stereocenters. The van der Waals surface area contributed by atoms with Crippen molar-refractivity contribution in [1.82, 2.24) is 10.2 Å². The van der Waals surface area contributed by atoms with E-state index >= 15 is 0 Å². The molecule has 102 valence electrons. The van der Waals surface area contributed by atoms with Crippen LogP contribution in [0.15, 0.2) is 34.9 Å². The third-order valence-corrected chi connectivity index (χ3v) is 2.96. The van der Waals surface area contributed by atoms with Crippen molar-refractivity contribution in [3.63, 3.8) is 0 Å². The molecule has 0 amide bonds. The van der Waals surface area contributed by atoms with Crippen molar-refractivity contribution in [2.24, 2.45) is 0 Å². The summed E-state index contributed by atoms with van der Waals surface area (Å²) < 4.78 is 31.9. The van der Waals surface area contributed by atoms with Gasteiger partial charge in [-0.3, -0.25) is 5.10 Å². The molecule has 4 nitrogen and oxygen atoms in total. The molecule has 20 heavy (non-hydrogen) atoms. The lowest BCUT2D eigenvalue weighted by atomic mass is 10.0. The number of hydrogen-bond acceptors (Lipinski definition) is 3. The quantitative estimate of drug-likeness (QED) is 0.752. The van der Waals surface area contributed by atoms with Crippen molar-refractivity contribution < 1.29 is 13.2 Å². The Labute approximate surface area is 113 Å². The Bertz CT molecular complexity index is 756. The lowest BCUT2D eigenvalue weighted by Gasteiger charge is -2.03. The largest absolute Gasteiger partial charge is 0.469 e. The van der Waals surface area contributed by atoms with Gasteiger partial charge in [0.15, 0.2) is 5.82 Å². The molecule has 0 aliphatic rings. The minimum atomic E-state index is -0.671. The molecular formula is C14H11F2N3O. The van der Waals surface area contributed by atoms with E-state index in [1.54, 1.807) is 13.0 Å². The van der Waals surface area contributed by atoms with Crippen LogP contribution in [0, 0.1) is 18.6 Å². The van der Waals surface area contributed by atoms with Crippen LogP contribution in [0.3, 0.4) is 0 Å². The first-order valence-corrected chi connectivity index (χ1v) is 5.90. The number of H-pyrrole nitrogens is 1. The minimum Gasteiger partial charge on any atom is -0.469 e. The third kappa shape index (κ3) is 2.05. The number of aryl methyl sites for hydroxylation is 1. The number of aromatic amines is 1. The van der Waals surface area contributed by atoms with Gasteiger partial charge in [-0.25, -0.2) is 8.78 Å². The van der Waals surface area contributed by atoms with Gasteiger partial charge in [-0.15, -0.1) is 0 Å². The molecule has 0 aliphatic heterocycles. The summed E-state index contributed by atoms with van der Waals surface area (Å²) in [5.74, 6) is -0.460. The zero-order valence-corrected chi connectivity index (χ0v) is 10.6. The average Bonchev–Trinajstić information content (AvgIpc) is 2.94. The van der Waals surface area contributed by atoms with Crippen LogP contribution in [0.1, 0.15) is 5.76 Å². The van der Waals surface area contributed by atoms with Crippen molar-refractivity contribution >= 4 is 5.82 Å². The van der Waals surface area contributed by atoms with Gasteiger partial charge in [-0.1, -0.05) is 0 Å². The third-order valence-electron chi connectivity index (χ3n) is 2.96. The van der Waals surface area contributed by atoms with Gasteiger partial charge in [0.1, 0.15) is 23.7 Å². The van der Waals surface area contributed by atoms with Crippen LogP contribution < -0.4 is 5.73 Å². The standard InChI is InChI=1S/C14H11F2N3O/c1-7-2-9(6-20-7)13-12(14(17)19-18-13)8-3-10(15)5-11(16)4-8/h2-6H,1H3,(H3,17,18,19). The number of benzene rings is 1. The maximum Gasteiger partial charge on any atom is 0.153 e. The lowest BCUT2D eigenvalue weighted by molar-refractivity contribution is 0.535. The fourth-order valence-electron chi connectivity index (χ4n) is 2.13. The summed E-state index contributed by atoms with van der Waals surface area (Å²) in [6, 6.07) is 5.01. The summed E-state index contributed by atoms with van der Waals surface area (Å²) in [4.78, 5) is 0. The van der Waals surface area contributed by atoms with Gasteiger partial charge in [0, 0.05) is 11.6 Å². The molecule has 0 fully saturated rings. The molecule has 3 N–H and O–H groups in total. The number of rotatable bonds is 2. The Hall–Kier alpha value is -2.63. The SMILES string of the molecule is Cc1cc(-c2[nH]nc(N)c2-c2cc(F)cc(F)c2)co1. The van der Waals surface area contributed by atoms with Crippen molar-refractivity contribution in [2.45, 2.75) is 6.92 Å². The van der Waals surface area contributed by atoms with Gasteiger partial charge >= 0.3 is 0 Å². The molecule has 2 aromatic heterocycles. The highest BCUT2D eigenvalue weighted by molar-refractivity contribution is 5.87. The molecule has 0 radical (unpaired) electrons. The van der Waals surface area contributed by atoms with Crippen LogP contribution in [-0.4, -0.2) is 10.2 Å². The Balaban J connectivity index is 2.21. The first-order chi connectivity index (χ1) is 9.54. The van der Waals surface area contributed by atoms with Gasteiger partial charge in [-0.2, -0.15) is 5.10 Å². The summed E-state index contributed by atoms with van der Waals surface area (Å²) >= 11 is 0. The molecule has 3 rings (SSSR count). The highest BCUT2D eigenvalue weighted by Gasteiger charge is 2.17. The van der Waals surface area contributed by atoms with Crippen molar-refractivity contribution in [1.29, 1.82) is 0 Å². The van der Waals surface area contributed by atoms with E-state index < -0.39 is 11.6 Å². The average molecular weight is 275 g/mol. The van der Waals surface area contributed by atoms with Gasteiger partial charge in [0.25, 0.3) is 0 Å². The van der Waals surface area contributed by atoms with E-state index in [0.29, 0.717) is 28.1 Å². The predicted molar refractivity (Wildman–Crippen MR) is 70.8 cm³/mol. The van der Waals surface area contributed by atoms with Gasteiger partial charge < -0.3 is 10.2 Å². The second-order valence-electron chi connectivity index (χ2n) is 4.46. The first kappa shape index (κ1) is 12.4. The molecule has 0 saturated heterocycles. The van der Waals surface area contributed by atoms with Gasteiger partial charge in [0.05, 0.1) is 11.3 Å². The van der Waals surface area contributed by atoms with Crippen molar-refractivity contribution in [2.75, 3.05) is 5.73 Å². The van der Waals surface area contributed by atoms with Crippen molar-refractivity contribution in [3.8, 4) is 22.4 Å². The van der Waals surface area contributed by atoms with Crippen LogP contribution in [-0.2, 0) is 0 Å². The number of furan rings is 1. The summed E-state index contributed by atoms with van der Waals surface area (Å²) in [5.41, 5.74) is 7.84. The number of nitrogens with zero attached hydrogens (tertiary/aromatic N) is 1. The number of halogens is 2. The normalized spacial score (nSPS) is 10.9. The van der Waals surface area contributed by atoms with E-state index in [4.69, 9.17) is 10.2 Å². The highest BCUT2D eigenvalue weighted by Crippen LogP contribution is 2.35. The van der Waals surface area contributed by atoms with Crippen LogP contribution in [0.2, 0.25) is 0 Å². The van der Waals surface area contributed by atoms with Crippen molar-refractivity contribution in [3.05, 3.63) is 47.9 Å². The van der Waals surface area contributed by atoms with Crippen LogP contribution in [0.4, 0.5) is 14.6 Å². The summed E-state index contributed by atoms with van der Waals surface area (Å²) in [7, 11) is 0. The number of anilines is 1. The van der Waals surface area contributed by atoms with E-state index in [-0.39, 0.29) is 5.82 Å². The highest BCUT2D eigenvalue weighted by atomic mass is 19.1. The predicted octanol–water partition coefficient (Wildman–Crippen LogP) is 3.51. The first-order valence-electron chi connectivity index (χ1n) is 5.90. The van der Waals surface area contributed by atoms with E-state index in [1.165, 1.54) is 18.4 Å². The number of nitrogens with two attached hydrogens (primary N) is 1. The molecule has 3 aromatic rings. The fourth-order valence-corrected chi connectivity index (χ4v) is 2.13. The zero-order valence-electron chi connectivity index (χ0n) is 10.6. The summed E-state index contributed by atoms with van der Waals surface area (Å²) in [6.07, 6.45) is 1.53. The van der Waals surface area contributed by atoms with Gasteiger partial charge in [0.2, 0.25) is 0 Å². The van der Waals surface area contributed by atoms with E-state index in [0.717, 1.165) is 6.07 Å². The monoisotopic (exact) mass is 275 g/mol. The molecule has 0 bridgehead atoms. The Morgan fingerprint density at radius 1 is 1.10 bits per heavy atom. The Morgan fingerprint density at radius 3 is 2.40 bits per heavy atom.